The van der Waals surface area contributed by atoms with E-state index in [2.05, 4.69) is 41.2 Å². The Morgan fingerprint density at radius 1 is 1.06 bits per heavy atom. The van der Waals surface area contributed by atoms with E-state index in [4.69, 9.17) is 20.2 Å². The standard InChI is InChI=1S/C28H30N4O2/c1-17-12-22-13-20(21-5-9-28(29)30-16-21)4-8-27(22)34-11-10-19(17)14-25-24-7-6-23(33-3)15-26(24)32-18(2)31-25/h4-9,13,15-17,19H,10-12,14H2,1-3H3,(H2,29,30). The van der Waals surface area contributed by atoms with Crippen LogP contribution < -0.4 is 15.2 Å². The molecule has 174 valence electrons. The molecule has 3 heterocycles. The highest BCUT2D eigenvalue weighted by Crippen LogP contribution is 2.35. The highest BCUT2D eigenvalue weighted by Gasteiger charge is 2.24. The Morgan fingerprint density at radius 2 is 1.91 bits per heavy atom. The van der Waals surface area contributed by atoms with Gasteiger partial charge in [-0.3, -0.25) is 0 Å². The number of nitrogen functional groups attached to an aromatic ring is 1. The summed E-state index contributed by atoms with van der Waals surface area (Å²) in [5.74, 6) is 4.04. The van der Waals surface area contributed by atoms with Crippen LogP contribution in [0.1, 0.15) is 30.4 Å². The molecule has 0 bridgehead atoms. The van der Waals surface area contributed by atoms with Crippen LogP contribution in [0, 0.1) is 18.8 Å². The van der Waals surface area contributed by atoms with Crippen molar-refractivity contribution in [3.63, 3.8) is 0 Å². The lowest BCUT2D eigenvalue weighted by Gasteiger charge is -2.28. The molecule has 0 saturated carbocycles. The number of hydrogen-bond acceptors (Lipinski definition) is 6. The predicted octanol–water partition coefficient (Wildman–Crippen LogP) is 5.41. The van der Waals surface area contributed by atoms with Crippen LogP contribution in [0.4, 0.5) is 5.82 Å². The van der Waals surface area contributed by atoms with Crippen molar-refractivity contribution in [2.45, 2.75) is 33.1 Å². The minimum atomic E-state index is 0.453. The van der Waals surface area contributed by atoms with Crippen LogP contribution in [0.3, 0.4) is 0 Å². The van der Waals surface area contributed by atoms with E-state index < -0.39 is 0 Å². The van der Waals surface area contributed by atoms with Gasteiger partial charge in [-0.25, -0.2) is 15.0 Å². The van der Waals surface area contributed by atoms with E-state index in [1.807, 2.05) is 37.4 Å². The van der Waals surface area contributed by atoms with Gasteiger partial charge in [0.25, 0.3) is 0 Å². The fourth-order valence-corrected chi connectivity index (χ4v) is 4.89. The van der Waals surface area contributed by atoms with Gasteiger partial charge in [0, 0.05) is 23.2 Å². The van der Waals surface area contributed by atoms with Crippen LogP contribution in [0.5, 0.6) is 11.5 Å². The van der Waals surface area contributed by atoms with Crippen molar-refractivity contribution in [1.82, 2.24) is 15.0 Å². The number of fused-ring (bicyclic) bond motifs is 2. The molecular formula is C28H30N4O2. The van der Waals surface area contributed by atoms with Crippen molar-refractivity contribution < 1.29 is 9.47 Å². The molecule has 4 aromatic rings. The number of aryl methyl sites for hydroxylation is 1. The molecule has 2 aromatic heterocycles. The minimum Gasteiger partial charge on any atom is -0.497 e. The molecule has 0 radical (unpaired) electrons. The summed E-state index contributed by atoms with van der Waals surface area (Å²) < 4.78 is 11.6. The van der Waals surface area contributed by atoms with Gasteiger partial charge in [-0.1, -0.05) is 13.0 Å². The number of anilines is 1. The first kappa shape index (κ1) is 22.1. The molecule has 2 aromatic carbocycles. The van der Waals surface area contributed by atoms with Crippen molar-refractivity contribution >= 4 is 16.7 Å². The molecule has 5 rings (SSSR count). The second-order valence-corrected chi connectivity index (χ2v) is 9.18. The maximum atomic E-state index is 6.21. The number of nitrogens with zero attached hydrogens (tertiary/aromatic N) is 3. The van der Waals surface area contributed by atoms with Gasteiger partial charge >= 0.3 is 0 Å². The summed E-state index contributed by atoms with van der Waals surface area (Å²) in [7, 11) is 1.68. The first-order valence-electron chi connectivity index (χ1n) is 11.8. The Morgan fingerprint density at radius 3 is 2.71 bits per heavy atom. The molecule has 1 aliphatic heterocycles. The van der Waals surface area contributed by atoms with Gasteiger partial charge in [0.2, 0.25) is 0 Å². The first-order chi connectivity index (χ1) is 16.5. The van der Waals surface area contributed by atoms with Gasteiger partial charge in [-0.2, -0.15) is 0 Å². The van der Waals surface area contributed by atoms with Crippen LogP contribution in [-0.2, 0) is 12.8 Å². The number of hydrogen-bond donors (Lipinski definition) is 1. The van der Waals surface area contributed by atoms with Crippen molar-refractivity contribution in [3.05, 3.63) is 71.8 Å². The average molecular weight is 455 g/mol. The molecule has 2 N–H and O–H groups in total. The Labute approximate surface area is 200 Å². The van der Waals surface area contributed by atoms with Crippen LogP contribution in [0.15, 0.2) is 54.7 Å². The lowest BCUT2D eigenvalue weighted by molar-refractivity contribution is 0.221. The molecule has 1 aliphatic rings. The lowest BCUT2D eigenvalue weighted by atomic mass is 9.81. The van der Waals surface area contributed by atoms with E-state index in [9.17, 15) is 0 Å². The van der Waals surface area contributed by atoms with Crippen LogP contribution in [0.2, 0.25) is 0 Å². The monoisotopic (exact) mass is 454 g/mol. The van der Waals surface area contributed by atoms with E-state index in [0.717, 1.165) is 64.3 Å². The normalized spacial score (nSPS) is 18.0. The molecule has 0 fully saturated rings. The molecular weight excluding hydrogens is 424 g/mol. The molecule has 2 atom stereocenters. The second kappa shape index (κ2) is 9.29. The largest absolute Gasteiger partial charge is 0.497 e. The summed E-state index contributed by atoms with van der Waals surface area (Å²) in [6.07, 6.45) is 4.66. The molecule has 0 saturated heterocycles. The SMILES string of the molecule is COc1ccc2c(CC3CCOc4ccc(-c5ccc(N)nc5)cc4CC3C)nc(C)nc2c1. The number of pyridine rings is 1. The first-order valence-corrected chi connectivity index (χ1v) is 11.8. The number of ether oxygens (including phenoxy) is 2. The van der Waals surface area contributed by atoms with Crippen molar-refractivity contribution in [2.75, 3.05) is 19.5 Å². The highest BCUT2D eigenvalue weighted by atomic mass is 16.5. The Hall–Kier alpha value is -3.67. The van der Waals surface area contributed by atoms with Crippen LogP contribution >= 0.6 is 0 Å². The number of rotatable bonds is 4. The summed E-state index contributed by atoms with van der Waals surface area (Å²) >= 11 is 0. The summed E-state index contributed by atoms with van der Waals surface area (Å²) in [6.45, 7) is 4.99. The van der Waals surface area contributed by atoms with Gasteiger partial charge in [-0.15, -0.1) is 0 Å². The van der Waals surface area contributed by atoms with Crippen LogP contribution in [-0.4, -0.2) is 28.7 Å². The predicted molar refractivity (Wildman–Crippen MR) is 135 cm³/mol. The van der Waals surface area contributed by atoms with Gasteiger partial charge < -0.3 is 15.2 Å². The topological polar surface area (TPSA) is 83.2 Å². The lowest BCUT2D eigenvalue weighted by Crippen LogP contribution is -2.23. The fraction of sp³-hybridized carbons (Fsp3) is 0.321. The smallest absolute Gasteiger partial charge is 0.126 e. The highest BCUT2D eigenvalue weighted by molar-refractivity contribution is 5.82. The van der Waals surface area contributed by atoms with Gasteiger partial charge in [0.05, 0.1) is 24.9 Å². The van der Waals surface area contributed by atoms with E-state index in [1.165, 1.54) is 5.56 Å². The minimum absolute atomic E-state index is 0.453. The maximum absolute atomic E-state index is 6.21. The Balaban J connectivity index is 1.42. The van der Waals surface area contributed by atoms with Crippen molar-refractivity contribution in [2.24, 2.45) is 11.8 Å². The zero-order valence-corrected chi connectivity index (χ0v) is 19.9. The number of benzene rings is 2. The molecule has 34 heavy (non-hydrogen) atoms. The molecule has 6 nitrogen and oxygen atoms in total. The summed E-state index contributed by atoms with van der Waals surface area (Å²) in [6, 6.07) is 16.3. The summed E-state index contributed by atoms with van der Waals surface area (Å²) in [4.78, 5) is 13.7. The van der Waals surface area contributed by atoms with Crippen LogP contribution in [0.25, 0.3) is 22.0 Å². The average Bonchev–Trinajstić information content (AvgIpc) is 2.83. The number of aromatic nitrogens is 3. The second-order valence-electron chi connectivity index (χ2n) is 9.18. The summed E-state index contributed by atoms with van der Waals surface area (Å²) in [5, 5.41) is 1.10. The Kier molecular flexibility index (Phi) is 6.05. The molecule has 0 spiro atoms. The van der Waals surface area contributed by atoms with Crippen molar-refractivity contribution in [3.8, 4) is 22.6 Å². The Bertz CT molecular complexity index is 1320. The number of methoxy groups -OCH3 is 1. The summed E-state index contributed by atoms with van der Waals surface area (Å²) in [5.41, 5.74) is 11.2. The van der Waals surface area contributed by atoms with E-state index in [1.54, 1.807) is 7.11 Å². The zero-order chi connectivity index (χ0) is 23.7. The molecule has 6 heteroatoms. The number of nitrogens with two attached hydrogens (primary N) is 1. The van der Waals surface area contributed by atoms with Gasteiger partial charge in [0.15, 0.2) is 0 Å². The van der Waals surface area contributed by atoms with Gasteiger partial charge in [0.1, 0.15) is 23.1 Å². The van der Waals surface area contributed by atoms with E-state index in [0.29, 0.717) is 24.3 Å². The van der Waals surface area contributed by atoms with Gasteiger partial charge in [-0.05, 0) is 85.5 Å². The third kappa shape index (κ3) is 4.53. The molecule has 0 aliphatic carbocycles. The van der Waals surface area contributed by atoms with Crippen molar-refractivity contribution in [1.29, 1.82) is 0 Å². The third-order valence-corrected chi connectivity index (χ3v) is 6.82. The van der Waals surface area contributed by atoms with E-state index >= 15 is 0 Å². The molecule has 0 amide bonds. The fourth-order valence-electron chi connectivity index (χ4n) is 4.89. The maximum Gasteiger partial charge on any atom is 0.126 e. The quantitative estimate of drug-likeness (QED) is 0.444. The zero-order valence-electron chi connectivity index (χ0n) is 19.9. The van der Waals surface area contributed by atoms with E-state index in [-0.39, 0.29) is 0 Å². The third-order valence-electron chi connectivity index (χ3n) is 6.82. The molecule has 2 unspecified atom stereocenters.